The normalized spacial score (nSPS) is 24.5. The van der Waals surface area contributed by atoms with Crippen LogP contribution in [0.4, 0.5) is 0 Å². The molecular formula is C20H30N2O3. The number of likely N-dealkylation sites (tertiary alicyclic amines) is 2. The third-order valence-electron chi connectivity index (χ3n) is 5.53. The van der Waals surface area contributed by atoms with Crippen LogP contribution in [0.5, 0.6) is 5.75 Å². The summed E-state index contributed by atoms with van der Waals surface area (Å²) >= 11 is 0. The van der Waals surface area contributed by atoms with E-state index < -0.39 is 0 Å². The zero-order valence-electron chi connectivity index (χ0n) is 15.4. The van der Waals surface area contributed by atoms with Crippen LogP contribution >= 0.6 is 0 Å². The Morgan fingerprint density at radius 3 is 2.72 bits per heavy atom. The van der Waals surface area contributed by atoms with Gasteiger partial charge >= 0.3 is 0 Å². The molecule has 1 atom stereocenters. The number of carbonyl (C=O) groups excluding carboxylic acids is 1. The van der Waals surface area contributed by atoms with Crippen LogP contribution in [0.15, 0.2) is 24.3 Å². The van der Waals surface area contributed by atoms with Crippen LogP contribution in [0, 0.1) is 0 Å². The smallest absolute Gasteiger partial charge is 0.243 e. The fourth-order valence-electron chi connectivity index (χ4n) is 4.32. The lowest BCUT2D eigenvalue weighted by Gasteiger charge is -2.46. The van der Waals surface area contributed by atoms with Crippen LogP contribution < -0.4 is 4.74 Å². The van der Waals surface area contributed by atoms with Crippen LogP contribution in [-0.2, 0) is 11.3 Å². The molecule has 2 saturated heterocycles. The third kappa shape index (κ3) is 3.67. The van der Waals surface area contributed by atoms with E-state index in [2.05, 4.69) is 29.7 Å². The molecule has 0 saturated carbocycles. The second kappa shape index (κ2) is 7.75. The van der Waals surface area contributed by atoms with Crippen LogP contribution in [0.3, 0.4) is 0 Å². The maximum Gasteiger partial charge on any atom is 0.243 e. The fourth-order valence-corrected chi connectivity index (χ4v) is 4.32. The van der Waals surface area contributed by atoms with Crippen molar-refractivity contribution in [3.05, 3.63) is 29.8 Å². The first kappa shape index (κ1) is 18.2. The molecule has 2 aliphatic heterocycles. The number of piperidine rings is 1. The van der Waals surface area contributed by atoms with Crippen LogP contribution in [0.2, 0.25) is 0 Å². The van der Waals surface area contributed by atoms with Crippen molar-refractivity contribution in [2.75, 3.05) is 26.3 Å². The van der Waals surface area contributed by atoms with Gasteiger partial charge in [-0.15, -0.1) is 0 Å². The van der Waals surface area contributed by atoms with E-state index in [0.29, 0.717) is 12.5 Å². The highest BCUT2D eigenvalue weighted by atomic mass is 16.5. The Bertz CT molecular complexity index is 604. The Kier molecular flexibility index (Phi) is 5.64. The van der Waals surface area contributed by atoms with E-state index in [0.717, 1.165) is 56.6 Å². The molecule has 1 unspecified atom stereocenters. The number of nitrogens with zero attached hydrogens (tertiary/aromatic N) is 2. The van der Waals surface area contributed by atoms with Crippen LogP contribution in [0.25, 0.3) is 0 Å². The number of hydrogen-bond donors (Lipinski definition) is 1. The monoisotopic (exact) mass is 346 g/mol. The molecule has 1 spiro atoms. The summed E-state index contributed by atoms with van der Waals surface area (Å²) in [7, 11) is 0. The predicted octanol–water partition coefficient (Wildman–Crippen LogP) is 2.42. The van der Waals surface area contributed by atoms with Crippen molar-refractivity contribution < 1.29 is 14.6 Å². The molecule has 2 fully saturated rings. The molecule has 0 aromatic heterocycles. The largest absolute Gasteiger partial charge is 0.491 e. The maximum absolute atomic E-state index is 13.2. The van der Waals surface area contributed by atoms with E-state index in [4.69, 9.17) is 9.84 Å². The minimum atomic E-state index is -0.315. The standard InChI is InChI=1S/C20H30N2O3/c1-16(2)22-11-5-9-20(19(22)24)8-4-10-21(20)15-17-6-3-7-18(14-17)25-13-12-23/h3,6-7,14,16,23H,4-5,8-13,15H2,1-2H3. The molecule has 1 N–H and O–H groups in total. The zero-order valence-corrected chi connectivity index (χ0v) is 15.4. The van der Waals surface area contributed by atoms with E-state index in [1.165, 1.54) is 0 Å². The highest BCUT2D eigenvalue weighted by Gasteiger charge is 2.50. The van der Waals surface area contributed by atoms with Gasteiger partial charge in [0, 0.05) is 19.1 Å². The molecule has 5 heteroatoms. The molecule has 25 heavy (non-hydrogen) atoms. The Hall–Kier alpha value is -1.59. The Morgan fingerprint density at radius 1 is 1.24 bits per heavy atom. The van der Waals surface area contributed by atoms with Crippen molar-refractivity contribution in [2.24, 2.45) is 0 Å². The quantitative estimate of drug-likeness (QED) is 0.859. The first-order valence-corrected chi connectivity index (χ1v) is 9.45. The highest BCUT2D eigenvalue weighted by molar-refractivity contribution is 5.87. The number of hydrogen-bond acceptors (Lipinski definition) is 4. The summed E-state index contributed by atoms with van der Waals surface area (Å²) in [6, 6.07) is 8.27. The summed E-state index contributed by atoms with van der Waals surface area (Å²) in [4.78, 5) is 17.7. The predicted molar refractivity (Wildman–Crippen MR) is 97.5 cm³/mol. The molecule has 0 radical (unpaired) electrons. The highest BCUT2D eigenvalue weighted by Crippen LogP contribution is 2.39. The second-order valence-corrected chi connectivity index (χ2v) is 7.47. The van der Waals surface area contributed by atoms with Crippen molar-refractivity contribution in [3.8, 4) is 5.75 Å². The molecule has 3 rings (SSSR count). The van der Waals surface area contributed by atoms with Crippen LogP contribution in [0.1, 0.15) is 45.1 Å². The van der Waals surface area contributed by atoms with E-state index in [9.17, 15) is 4.79 Å². The van der Waals surface area contributed by atoms with Gasteiger partial charge in [0.2, 0.25) is 5.91 Å². The van der Waals surface area contributed by atoms with Gasteiger partial charge in [0.25, 0.3) is 0 Å². The van der Waals surface area contributed by atoms with Gasteiger partial charge in [-0.05, 0) is 63.8 Å². The van der Waals surface area contributed by atoms with Crippen molar-refractivity contribution in [3.63, 3.8) is 0 Å². The first-order valence-electron chi connectivity index (χ1n) is 9.45. The maximum atomic E-state index is 13.2. The second-order valence-electron chi connectivity index (χ2n) is 7.47. The minimum absolute atomic E-state index is 0.0129. The zero-order chi connectivity index (χ0) is 17.9. The Labute approximate surface area is 150 Å². The summed E-state index contributed by atoms with van der Waals surface area (Å²) in [5.41, 5.74) is 0.844. The van der Waals surface area contributed by atoms with E-state index in [-0.39, 0.29) is 18.2 Å². The number of rotatable bonds is 6. The van der Waals surface area contributed by atoms with Gasteiger partial charge in [-0.1, -0.05) is 12.1 Å². The van der Waals surface area contributed by atoms with Gasteiger partial charge in [-0.25, -0.2) is 0 Å². The van der Waals surface area contributed by atoms with E-state index in [1.807, 2.05) is 18.2 Å². The van der Waals surface area contributed by atoms with Gasteiger partial charge in [-0.2, -0.15) is 0 Å². The van der Waals surface area contributed by atoms with Gasteiger partial charge in [0.1, 0.15) is 17.9 Å². The molecule has 2 heterocycles. The molecule has 1 aromatic rings. The molecular weight excluding hydrogens is 316 g/mol. The average Bonchev–Trinajstić information content (AvgIpc) is 2.99. The lowest BCUT2D eigenvalue weighted by molar-refractivity contribution is -0.149. The number of ether oxygens (including phenoxy) is 1. The number of aliphatic hydroxyl groups is 1. The molecule has 0 aliphatic carbocycles. The SMILES string of the molecule is CC(C)N1CCCC2(CCCN2Cc2cccc(OCCO)c2)C1=O. The van der Waals surface area contributed by atoms with Gasteiger partial charge in [0.15, 0.2) is 0 Å². The van der Waals surface area contributed by atoms with Crippen molar-refractivity contribution in [1.29, 1.82) is 0 Å². The van der Waals surface area contributed by atoms with E-state index in [1.54, 1.807) is 0 Å². The van der Waals surface area contributed by atoms with Crippen LogP contribution in [-0.4, -0.2) is 58.7 Å². The summed E-state index contributed by atoms with van der Waals surface area (Å²) < 4.78 is 5.52. The average molecular weight is 346 g/mol. The molecule has 2 aliphatic rings. The van der Waals surface area contributed by atoms with Gasteiger partial charge < -0.3 is 14.7 Å². The minimum Gasteiger partial charge on any atom is -0.491 e. The first-order chi connectivity index (χ1) is 12.1. The van der Waals surface area contributed by atoms with E-state index >= 15 is 0 Å². The number of aliphatic hydroxyl groups excluding tert-OH is 1. The molecule has 138 valence electrons. The molecule has 1 amide bonds. The Balaban J connectivity index is 1.77. The molecule has 1 aromatic carbocycles. The molecule has 5 nitrogen and oxygen atoms in total. The lowest BCUT2D eigenvalue weighted by Crippen LogP contribution is -2.61. The summed E-state index contributed by atoms with van der Waals surface area (Å²) in [5.74, 6) is 1.09. The number of carbonyl (C=O) groups is 1. The summed E-state index contributed by atoms with van der Waals surface area (Å²) in [6.45, 7) is 7.16. The van der Waals surface area contributed by atoms with Crippen molar-refractivity contribution >= 4 is 5.91 Å². The molecule has 0 bridgehead atoms. The fraction of sp³-hybridized carbons (Fsp3) is 0.650. The lowest BCUT2D eigenvalue weighted by atomic mass is 9.84. The number of amides is 1. The topological polar surface area (TPSA) is 53.0 Å². The third-order valence-corrected chi connectivity index (χ3v) is 5.53. The van der Waals surface area contributed by atoms with Gasteiger partial charge in [-0.3, -0.25) is 9.69 Å². The van der Waals surface area contributed by atoms with Crippen molar-refractivity contribution in [2.45, 2.75) is 57.7 Å². The summed E-state index contributed by atoms with van der Waals surface area (Å²) in [5, 5.41) is 8.92. The summed E-state index contributed by atoms with van der Waals surface area (Å²) in [6.07, 6.45) is 4.10. The Morgan fingerprint density at radius 2 is 2.00 bits per heavy atom. The number of benzene rings is 1. The van der Waals surface area contributed by atoms with Gasteiger partial charge in [0.05, 0.1) is 6.61 Å². The van der Waals surface area contributed by atoms with Crippen molar-refractivity contribution in [1.82, 2.24) is 9.80 Å².